The van der Waals surface area contributed by atoms with E-state index in [2.05, 4.69) is 3.83 Å². The molecule has 0 aliphatic heterocycles. The Kier molecular flexibility index (Phi) is 2.74. The Balaban J connectivity index is 2.92. The molecular weight excluding hydrogens is 232 g/mol. The number of rotatable bonds is 2. The van der Waals surface area contributed by atoms with Crippen LogP contribution < -0.4 is 12.2 Å². The average Bonchev–Trinajstić information content (AvgIpc) is 1.98. The van der Waals surface area contributed by atoms with Gasteiger partial charge in [-0.1, -0.05) is 6.07 Å². The van der Waals surface area contributed by atoms with Crippen LogP contribution in [0.5, 0.6) is 17.2 Å². The molecule has 0 atom stereocenters. The molecule has 2 N–H and O–H groups in total. The van der Waals surface area contributed by atoms with Gasteiger partial charge in [0.2, 0.25) is 5.75 Å². The van der Waals surface area contributed by atoms with E-state index in [4.69, 9.17) is 10.2 Å². The van der Waals surface area contributed by atoms with Crippen LogP contribution in [0, 0.1) is 14.8 Å². The Hall–Kier alpha value is -0.980. The number of phenolic OH excluding ortho intramolecular Hbond substituents is 2. The highest BCUT2D eigenvalue weighted by Gasteiger charge is 2.18. The standard InChI is InChI=1S/C6H5BrO5/c8-4-2-1-3-5(6(4)9)12-7(10)11/h1-3,8-9H. The minimum atomic E-state index is -3.42. The van der Waals surface area contributed by atoms with E-state index in [9.17, 15) is 8.40 Å². The monoisotopic (exact) mass is 236 g/mol. The fourth-order valence-corrected chi connectivity index (χ4v) is 1.19. The zero-order valence-corrected chi connectivity index (χ0v) is 7.32. The van der Waals surface area contributed by atoms with Gasteiger partial charge in [0, 0.05) is 0 Å². The lowest BCUT2D eigenvalue weighted by Crippen LogP contribution is -2.36. The van der Waals surface area contributed by atoms with Crippen LogP contribution in [0.1, 0.15) is 0 Å². The first-order valence-electron chi connectivity index (χ1n) is 2.86. The van der Waals surface area contributed by atoms with E-state index in [-0.39, 0.29) is 5.75 Å². The van der Waals surface area contributed by atoms with Gasteiger partial charge in [0.25, 0.3) is 5.75 Å². The zero-order valence-electron chi connectivity index (χ0n) is 5.73. The van der Waals surface area contributed by atoms with Crippen LogP contribution in [-0.2, 0) is 0 Å². The highest BCUT2D eigenvalue weighted by Crippen LogP contribution is 2.34. The van der Waals surface area contributed by atoms with Gasteiger partial charge in [0.15, 0.2) is 5.75 Å². The SMILES string of the molecule is [O-][Br+2]([O-])Oc1cccc(O)c1O. The summed E-state index contributed by atoms with van der Waals surface area (Å²) in [5.41, 5.74) is 0. The molecule has 0 spiro atoms. The molecule has 6 heteroatoms. The van der Waals surface area contributed by atoms with Gasteiger partial charge in [0.1, 0.15) is 0 Å². The molecule has 0 radical (unpaired) electrons. The normalized spacial score (nSPS) is 10.2. The van der Waals surface area contributed by atoms with Crippen molar-refractivity contribution in [1.82, 2.24) is 0 Å². The third-order valence-electron chi connectivity index (χ3n) is 1.12. The summed E-state index contributed by atoms with van der Waals surface area (Å²) in [6.45, 7) is 0. The summed E-state index contributed by atoms with van der Waals surface area (Å²) in [5, 5.41) is 17.9. The van der Waals surface area contributed by atoms with Crippen molar-refractivity contribution >= 4 is 0 Å². The lowest BCUT2D eigenvalue weighted by atomic mass is 10.3. The Morgan fingerprint density at radius 3 is 2.50 bits per heavy atom. The van der Waals surface area contributed by atoms with Crippen LogP contribution >= 0.6 is 0 Å². The van der Waals surface area contributed by atoms with Crippen LogP contribution in [-0.4, -0.2) is 10.2 Å². The summed E-state index contributed by atoms with van der Waals surface area (Å²) in [5.74, 6) is -1.27. The van der Waals surface area contributed by atoms with E-state index in [0.29, 0.717) is 0 Å². The highest BCUT2D eigenvalue weighted by atomic mass is 80.0. The van der Waals surface area contributed by atoms with Crippen LogP contribution in [0.4, 0.5) is 0 Å². The second-order valence-electron chi connectivity index (χ2n) is 1.89. The smallest absolute Gasteiger partial charge is 0.501 e. The molecule has 1 rings (SSSR count). The molecule has 5 nitrogen and oxygen atoms in total. The topological polar surface area (TPSA) is 95.8 Å². The predicted octanol–water partition coefficient (Wildman–Crippen LogP) is -1.44. The van der Waals surface area contributed by atoms with Gasteiger partial charge < -0.3 is 18.6 Å². The predicted molar refractivity (Wildman–Crippen MR) is 30.4 cm³/mol. The molecule has 1 aromatic carbocycles. The van der Waals surface area contributed by atoms with Gasteiger partial charge in [0.05, 0.1) is 0 Å². The van der Waals surface area contributed by atoms with E-state index in [1.807, 2.05) is 0 Å². The van der Waals surface area contributed by atoms with Crippen molar-refractivity contribution in [3.63, 3.8) is 0 Å². The third-order valence-corrected chi connectivity index (χ3v) is 1.74. The molecule has 0 fully saturated rings. The molecule has 0 saturated carbocycles. The summed E-state index contributed by atoms with van der Waals surface area (Å²) < 4.78 is 24.4. The fourth-order valence-electron chi connectivity index (χ4n) is 0.641. The molecule has 66 valence electrons. The van der Waals surface area contributed by atoms with Gasteiger partial charge in [-0.15, -0.1) is 3.83 Å². The van der Waals surface area contributed by atoms with Gasteiger partial charge in [-0.25, -0.2) is 0 Å². The minimum Gasteiger partial charge on any atom is -0.504 e. The van der Waals surface area contributed by atoms with Crippen molar-refractivity contribution in [2.75, 3.05) is 0 Å². The first-order valence-corrected chi connectivity index (χ1v) is 4.80. The Morgan fingerprint density at radius 2 is 1.92 bits per heavy atom. The molecule has 0 saturated heterocycles. The largest absolute Gasteiger partial charge is 0.504 e. The quantitative estimate of drug-likeness (QED) is 0.614. The van der Waals surface area contributed by atoms with E-state index < -0.39 is 26.3 Å². The Bertz CT molecular complexity index is 275. The van der Waals surface area contributed by atoms with Gasteiger partial charge in [-0.3, -0.25) is 0 Å². The van der Waals surface area contributed by atoms with Crippen molar-refractivity contribution in [3.05, 3.63) is 18.2 Å². The highest BCUT2D eigenvalue weighted by molar-refractivity contribution is 5.48. The maximum Gasteiger partial charge on any atom is 0.501 e. The van der Waals surface area contributed by atoms with Gasteiger partial charge in [-0.2, -0.15) is 0 Å². The first kappa shape index (κ1) is 9.11. The fraction of sp³-hybridized carbons (Fsp3) is 0. The minimum absolute atomic E-state index is 0.269. The number of aromatic hydroxyl groups is 2. The first-order chi connectivity index (χ1) is 5.61. The molecule has 0 aromatic heterocycles. The van der Waals surface area contributed by atoms with E-state index in [1.54, 1.807) is 0 Å². The summed E-state index contributed by atoms with van der Waals surface area (Å²) in [6, 6.07) is 3.80. The van der Waals surface area contributed by atoms with Crippen molar-refractivity contribution < 1.29 is 37.3 Å². The van der Waals surface area contributed by atoms with Crippen molar-refractivity contribution in [2.24, 2.45) is 0 Å². The lowest BCUT2D eigenvalue weighted by molar-refractivity contribution is -1.62. The van der Waals surface area contributed by atoms with E-state index in [1.165, 1.54) is 18.2 Å². The molecule has 0 amide bonds. The molecule has 1 aromatic rings. The Labute approximate surface area is 73.3 Å². The third kappa shape index (κ3) is 2.00. The van der Waals surface area contributed by atoms with Crippen molar-refractivity contribution in [2.45, 2.75) is 0 Å². The maximum absolute atomic E-state index is 10.1. The Morgan fingerprint density at radius 1 is 1.25 bits per heavy atom. The number of halogens is 1. The van der Waals surface area contributed by atoms with Crippen LogP contribution in [0.3, 0.4) is 0 Å². The van der Waals surface area contributed by atoms with Crippen LogP contribution in [0.15, 0.2) is 18.2 Å². The number of phenols is 2. The van der Waals surface area contributed by atoms with E-state index >= 15 is 0 Å². The van der Waals surface area contributed by atoms with Crippen LogP contribution in [0.2, 0.25) is 0 Å². The number of benzene rings is 1. The molecule has 0 bridgehead atoms. The molecule has 0 heterocycles. The summed E-state index contributed by atoms with van der Waals surface area (Å²) in [7, 11) is 0. The second kappa shape index (κ2) is 3.61. The maximum atomic E-state index is 10.1. The number of para-hydroxylation sites is 1. The zero-order chi connectivity index (χ0) is 9.14. The number of hydrogen-bond acceptors (Lipinski definition) is 5. The summed E-state index contributed by atoms with van der Waals surface area (Å²) in [6.07, 6.45) is 0. The van der Waals surface area contributed by atoms with Crippen LogP contribution in [0.25, 0.3) is 0 Å². The molecule has 0 aliphatic rings. The summed E-state index contributed by atoms with van der Waals surface area (Å²) >= 11 is -3.42. The molecular formula is C6H5BrO5. The average molecular weight is 237 g/mol. The number of hydrogen-bond donors (Lipinski definition) is 2. The second-order valence-corrected chi connectivity index (χ2v) is 3.01. The molecule has 0 unspecified atom stereocenters. The van der Waals surface area contributed by atoms with E-state index in [0.717, 1.165) is 0 Å². The lowest BCUT2D eigenvalue weighted by Gasteiger charge is -1.99. The van der Waals surface area contributed by atoms with Crippen molar-refractivity contribution in [1.29, 1.82) is 0 Å². The molecule has 12 heavy (non-hydrogen) atoms. The summed E-state index contributed by atoms with van der Waals surface area (Å²) in [4.78, 5) is 0. The molecule has 0 aliphatic carbocycles. The van der Waals surface area contributed by atoms with Gasteiger partial charge >= 0.3 is 14.8 Å². The van der Waals surface area contributed by atoms with Crippen molar-refractivity contribution in [3.8, 4) is 17.2 Å². The van der Waals surface area contributed by atoms with Gasteiger partial charge in [-0.05, 0) is 12.1 Å².